The fourth-order valence-electron chi connectivity index (χ4n) is 5.60. The van der Waals surface area contributed by atoms with Gasteiger partial charge < -0.3 is 19.5 Å². The second kappa shape index (κ2) is 11.3. The zero-order valence-electron chi connectivity index (χ0n) is 21.0. The fraction of sp³-hybridized carbons (Fsp3) is 0.355. The molecule has 1 aromatic heterocycles. The van der Waals surface area contributed by atoms with E-state index in [0.29, 0.717) is 13.1 Å². The third-order valence-electron chi connectivity index (χ3n) is 7.43. The van der Waals surface area contributed by atoms with Gasteiger partial charge in [0, 0.05) is 35.7 Å². The van der Waals surface area contributed by atoms with E-state index in [1.165, 1.54) is 5.56 Å². The van der Waals surface area contributed by atoms with Crippen molar-refractivity contribution in [3.8, 4) is 17.0 Å². The highest BCUT2D eigenvalue weighted by atomic mass is 16.5. The SMILES string of the molecule is COc1ccc(-c2cc3ccccc3n2C[C@H](O)CN(Cc2ccccc2)[C@H]2CCCC[C@@H]2O)cc1. The molecule has 0 saturated heterocycles. The molecule has 0 bridgehead atoms. The standard InChI is InChI=1S/C31H36N2O3/c1-36-27-17-15-24(16-18-27)30-19-25-11-5-6-12-28(25)33(30)22-26(34)21-32(20-23-9-3-2-4-10-23)29-13-7-8-14-31(29)35/h2-6,9-12,15-19,26,29,31,34-35H,7-8,13-14,20-22H2,1H3/t26-,29+,31+/m1/s1. The molecule has 5 nitrogen and oxygen atoms in total. The maximum atomic E-state index is 11.4. The Morgan fingerprint density at radius 2 is 1.67 bits per heavy atom. The molecule has 5 heteroatoms. The zero-order valence-corrected chi connectivity index (χ0v) is 21.0. The van der Waals surface area contributed by atoms with Crippen molar-refractivity contribution in [1.82, 2.24) is 9.47 Å². The number of para-hydroxylation sites is 1. The number of hydrogen-bond donors (Lipinski definition) is 2. The van der Waals surface area contributed by atoms with E-state index in [4.69, 9.17) is 4.74 Å². The van der Waals surface area contributed by atoms with E-state index >= 15 is 0 Å². The molecule has 3 aromatic carbocycles. The maximum absolute atomic E-state index is 11.4. The summed E-state index contributed by atoms with van der Waals surface area (Å²) in [6, 6.07) is 29.0. The van der Waals surface area contributed by atoms with Gasteiger partial charge in [0.05, 0.1) is 25.9 Å². The number of benzene rings is 3. The minimum Gasteiger partial charge on any atom is -0.497 e. The van der Waals surface area contributed by atoms with Gasteiger partial charge in [0.1, 0.15) is 5.75 Å². The minimum atomic E-state index is -0.587. The summed E-state index contributed by atoms with van der Waals surface area (Å²) in [4.78, 5) is 2.29. The molecular formula is C31H36N2O3. The van der Waals surface area contributed by atoms with E-state index in [9.17, 15) is 10.2 Å². The van der Waals surface area contributed by atoms with Crippen molar-refractivity contribution < 1.29 is 14.9 Å². The summed E-state index contributed by atoms with van der Waals surface area (Å²) in [6.07, 6.45) is 3.04. The first kappa shape index (κ1) is 24.6. The van der Waals surface area contributed by atoms with Gasteiger partial charge in [-0.15, -0.1) is 0 Å². The summed E-state index contributed by atoms with van der Waals surface area (Å²) >= 11 is 0. The molecule has 0 amide bonds. The molecule has 0 aliphatic heterocycles. The van der Waals surface area contributed by atoms with E-state index in [1.54, 1.807) is 7.11 Å². The first-order valence-electron chi connectivity index (χ1n) is 13.0. The summed E-state index contributed by atoms with van der Waals surface area (Å²) in [5.74, 6) is 0.823. The van der Waals surface area contributed by atoms with Crippen LogP contribution in [-0.4, -0.2) is 51.6 Å². The van der Waals surface area contributed by atoms with Crippen molar-refractivity contribution in [2.24, 2.45) is 0 Å². The number of hydrogen-bond acceptors (Lipinski definition) is 4. The molecule has 5 rings (SSSR count). The van der Waals surface area contributed by atoms with Crippen LogP contribution in [0.2, 0.25) is 0 Å². The highest BCUT2D eigenvalue weighted by Gasteiger charge is 2.30. The number of aliphatic hydroxyl groups is 2. The van der Waals surface area contributed by atoms with Crippen LogP contribution in [0.3, 0.4) is 0 Å². The van der Waals surface area contributed by atoms with Gasteiger partial charge in [0.2, 0.25) is 0 Å². The molecule has 3 atom stereocenters. The quantitative estimate of drug-likeness (QED) is 0.330. The van der Waals surface area contributed by atoms with Crippen LogP contribution < -0.4 is 4.74 Å². The van der Waals surface area contributed by atoms with Crippen LogP contribution in [0.15, 0.2) is 84.9 Å². The van der Waals surface area contributed by atoms with Gasteiger partial charge in [-0.25, -0.2) is 0 Å². The molecule has 36 heavy (non-hydrogen) atoms. The Bertz CT molecular complexity index is 1250. The number of rotatable bonds is 9. The van der Waals surface area contributed by atoms with Crippen LogP contribution in [0.4, 0.5) is 0 Å². The van der Waals surface area contributed by atoms with E-state index in [1.807, 2.05) is 42.5 Å². The summed E-state index contributed by atoms with van der Waals surface area (Å²) in [6.45, 7) is 1.70. The van der Waals surface area contributed by atoms with Crippen molar-refractivity contribution in [2.75, 3.05) is 13.7 Å². The molecule has 0 unspecified atom stereocenters. The number of nitrogens with zero attached hydrogens (tertiary/aromatic N) is 2. The Morgan fingerprint density at radius 3 is 2.42 bits per heavy atom. The third-order valence-corrected chi connectivity index (χ3v) is 7.43. The van der Waals surface area contributed by atoms with Gasteiger partial charge >= 0.3 is 0 Å². The van der Waals surface area contributed by atoms with E-state index in [0.717, 1.165) is 60.1 Å². The fourth-order valence-corrected chi connectivity index (χ4v) is 5.60. The number of fused-ring (bicyclic) bond motifs is 1. The highest BCUT2D eigenvalue weighted by Crippen LogP contribution is 2.30. The molecule has 1 fully saturated rings. The van der Waals surface area contributed by atoms with Crippen LogP contribution in [0.5, 0.6) is 5.75 Å². The first-order chi connectivity index (χ1) is 17.6. The van der Waals surface area contributed by atoms with Gasteiger partial charge in [-0.05, 0) is 60.4 Å². The van der Waals surface area contributed by atoms with E-state index in [-0.39, 0.29) is 12.1 Å². The lowest BCUT2D eigenvalue weighted by atomic mass is 9.90. The van der Waals surface area contributed by atoms with Crippen molar-refractivity contribution in [3.05, 3.63) is 90.5 Å². The second-order valence-corrected chi connectivity index (χ2v) is 9.92. The molecule has 1 heterocycles. The molecule has 1 aliphatic carbocycles. The van der Waals surface area contributed by atoms with Crippen LogP contribution in [0.1, 0.15) is 31.2 Å². The minimum absolute atomic E-state index is 0.0658. The molecule has 188 valence electrons. The predicted octanol–water partition coefficient (Wildman–Crippen LogP) is 5.48. The Labute approximate surface area is 213 Å². The Hall–Kier alpha value is -3.12. The van der Waals surface area contributed by atoms with Gasteiger partial charge in [0.15, 0.2) is 0 Å². The third kappa shape index (κ3) is 5.49. The largest absolute Gasteiger partial charge is 0.497 e. The van der Waals surface area contributed by atoms with Crippen molar-refractivity contribution in [2.45, 2.75) is 57.0 Å². The second-order valence-electron chi connectivity index (χ2n) is 9.92. The predicted molar refractivity (Wildman–Crippen MR) is 145 cm³/mol. The van der Waals surface area contributed by atoms with Gasteiger partial charge in [-0.1, -0.05) is 61.4 Å². The molecule has 1 aliphatic rings. The van der Waals surface area contributed by atoms with Gasteiger partial charge in [-0.3, -0.25) is 4.90 Å². The van der Waals surface area contributed by atoms with Crippen LogP contribution in [-0.2, 0) is 13.1 Å². The lowest BCUT2D eigenvalue weighted by molar-refractivity contribution is -0.00868. The lowest BCUT2D eigenvalue weighted by Crippen LogP contribution is -2.48. The summed E-state index contributed by atoms with van der Waals surface area (Å²) < 4.78 is 7.57. The summed E-state index contributed by atoms with van der Waals surface area (Å²) in [5, 5.41) is 23.4. The van der Waals surface area contributed by atoms with Gasteiger partial charge in [-0.2, -0.15) is 0 Å². The van der Waals surface area contributed by atoms with Crippen molar-refractivity contribution >= 4 is 10.9 Å². The number of ether oxygens (including phenoxy) is 1. The summed E-state index contributed by atoms with van der Waals surface area (Å²) in [7, 11) is 1.67. The Morgan fingerprint density at radius 1 is 0.944 bits per heavy atom. The van der Waals surface area contributed by atoms with Crippen LogP contribution >= 0.6 is 0 Å². The van der Waals surface area contributed by atoms with Gasteiger partial charge in [0.25, 0.3) is 0 Å². The maximum Gasteiger partial charge on any atom is 0.118 e. The molecule has 0 spiro atoms. The molecule has 1 saturated carbocycles. The number of methoxy groups -OCH3 is 1. The highest BCUT2D eigenvalue weighted by molar-refractivity contribution is 5.87. The number of aromatic nitrogens is 1. The monoisotopic (exact) mass is 484 g/mol. The average molecular weight is 485 g/mol. The van der Waals surface area contributed by atoms with Crippen molar-refractivity contribution in [1.29, 1.82) is 0 Å². The van der Waals surface area contributed by atoms with E-state index in [2.05, 4.69) is 51.9 Å². The van der Waals surface area contributed by atoms with E-state index < -0.39 is 6.10 Å². The Balaban J connectivity index is 1.42. The molecule has 0 radical (unpaired) electrons. The first-order valence-corrected chi connectivity index (χ1v) is 13.0. The summed E-state index contributed by atoms with van der Waals surface area (Å²) in [5.41, 5.74) is 4.47. The number of aliphatic hydroxyl groups excluding tert-OH is 2. The topological polar surface area (TPSA) is 57.9 Å². The molecule has 4 aromatic rings. The Kier molecular flexibility index (Phi) is 7.71. The van der Waals surface area contributed by atoms with Crippen molar-refractivity contribution in [3.63, 3.8) is 0 Å². The van der Waals surface area contributed by atoms with Crippen LogP contribution in [0.25, 0.3) is 22.2 Å². The normalized spacial score (nSPS) is 19.0. The molecule has 2 N–H and O–H groups in total. The average Bonchev–Trinajstić information content (AvgIpc) is 3.27. The lowest BCUT2D eigenvalue weighted by Gasteiger charge is -2.39. The zero-order chi connectivity index (χ0) is 24.9. The van der Waals surface area contributed by atoms with Crippen LogP contribution in [0, 0.1) is 0 Å². The smallest absolute Gasteiger partial charge is 0.118 e. The molecular weight excluding hydrogens is 448 g/mol.